The van der Waals surface area contributed by atoms with E-state index in [2.05, 4.69) is 36.6 Å². The number of carbonyl (C=O) groups is 3. The van der Waals surface area contributed by atoms with Gasteiger partial charge in [-0.15, -0.1) is 0 Å². The molecule has 1 aliphatic rings. The highest BCUT2D eigenvalue weighted by Crippen LogP contribution is 2.34. The third kappa shape index (κ3) is 4.15. The number of carbonyl (C=O) groups excluding carboxylic acids is 3. The number of ether oxygens (including phenoxy) is 1. The first-order valence-corrected chi connectivity index (χ1v) is 10.2. The maximum absolute atomic E-state index is 12.6. The summed E-state index contributed by atoms with van der Waals surface area (Å²) in [6.45, 7) is 9.65. The zero-order chi connectivity index (χ0) is 21.3. The van der Waals surface area contributed by atoms with Crippen LogP contribution in [0.5, 0.6) is 0 Å². The summed E-state index contributed by atoms with van der Waals surface area (Å²) in [5, 5.41) is -0.461. The largest absolute Gasteiger partial charge is 0.465 e. The SMILES string of the molecule is CCOC(=O)CN1C(=O)SC(=Cc2cc(C)n(-c3ccc(C)cc3C)c2C)C1=O. The molecule has 29 heavy (non-hydrogen) atoms. The fraction of sp³-hybridized carbons (Fsp3) is 0.318. The minimum Gasteiger partial charge on any atom is -0.465 e. The maximum atomic E-state index is 12.6. The van der Waals surface area contributed by atoms with E-state index < -0.39 is 17.1 Å². The van der Waals surface area contributed by atoms with Gasteiger partial charge < -0.3 is 9.30 Å². The van der Waals surface area contributed by atoms with Crippen LogP contribution in [-0.4, -0.2) is 39.7 Å². The molecule has 2 amide bonds. The second-order valence-corrected chi connectivity index (χ2v) is 8.02. The van der Waals surface area contributed by atoms with Crippen LogP contribution in [-0.2, 0) is 14.3 Å². The molecule has 0 bridgehead atoms. The Labute approximate surface area is 174 Å². The van der Waals surface area contributed by atoms with Crippen molar-refractivity contribution in [1.29, 1.82) is 0 Å². The quantitative estimate of drug-likeness (QED) is 0.541. The third-order valence-corrected chi connectivity index (χ3v) is 5.72. The zero-order valence-corrected chi connectivity index (χ0v) is 18.1. The van der Waals surface area contributed by atoms with E-state index >= 15 is 0 Å². The number of nitrogens with zero attached hydrogens (tertiary/aromatic N) is 2. The summed E-state index contributed by atoms with van der Waals surface area (Å²) >= 11 is 0.843. The number of hydrogen-bond donors (Lipinski definition) is 0. The predicted molar refractivity (Wildman–Crippen MR) is 114 cm³/mol. The van der Waals surface area contributed by atoms with Gasteiger partial charge in [0.05, 0.1) is 11.5 Å². The normalized spacial score (nSPS) is 15.5. The molecule has 0 radical (unpaired) electrons. The molecule has 2 aromatic rings. The average Bonchev–Trinajstić information content (AvgIpc) is 3.06. The first kappa shape index (κ1) is 20.9. The average molecular weight is 413 g/mol. The smallest absolute Gasteiger partial charge is 0.326 e. The summed E-state index contributed by atoms with van der Waals surface area (Å²) < 4.78 is 6.99. The summed E-state index contributed by atoms with van der Waals surface area (Å²) in [6, 6.07) is 8.28. The summed E-state index contributed by atoms with van der Waals surface area (Å²) in [4.78, 5) is 37.7. The monoisotopic (exact) mass is 412 g/mol. The molecule has 1 aromatic carbocycles. The number of amides is 2. The maximum Gasteiger partial charge on any atom is 0.326 e. The first-order valence-electron chi connectivity index (χ1n) is 9.40. The fourth-order valence-corrected chi connectivity index (χ4v) is 4.30. The lowest BCUT2D eigenvalue weighted by Crippen LogP contribution is -2.34. The van der Waals surface area contributed by atoms with Crippen LogP contribution in [0.1, 0.15) is 35.0 Å². The van der Waals surface area contributed by atoms with E-state index in [4.69, 9.17) is 4.74 Å². The van der Waals surface area contributed by atoms with Crippen molar-refractivity contribution >= 4 is 35.0 Å². The molecule has 1 fully saturated rings. The highest BCUT2D eigenvalue weighted by atomic mass is 32.2. The van der Waals surface area contributed by atoms with Gasteiger partial charge in [0, 0.05) is 17.1 Å². The molecule has 0 aliphatic carbocycles. The van der Waals surface area contributed by atoms with Crippen LogP contribution in [0.3, 0.4) is 0 Å². The molecule has 0 N–H and O–H groups in total. The molecule has 2 heterocycles. The molecule has 0 unspecified atom stereocenters. The molecule has 1 aliphatic heterocycles. The Morgan fingerprint density at radius 3 is 2.52 bits per heavy atom. The van der Waals surface area contributed by atoms with E-state index in [1.807, 2.05) is 19.9 Å². The molecule has 6 nitrogen and oxygen atoms in total. The van der Waals surface area contributed by atoms with E-state index in [1.54, 1.807) is 13.0 Å². The number of rotatable bonds is 5. The number of aromatic nitrogens is 1. The minimum atomic E-state index is -0.593. The van der Waals surface area contributed by atoms with Crippen LogP contribution in [0.15, 0.2) is 29.2 Å². The van der Waals surface area contributed by atoms with Gasteiger partial charge in [-0.25, -0.2) is 0 Å². The number of imide groups is 1. The molecule has 0 atom stereocenters. The topological polar surface area (TPSA) is 68.6 Å². The molecule has 1 saturated heterocycles. The summed E-state index contributed by atoms with van der Waals surface area (Å²) in [5.41, 5.74) is 6.32. The Morgan fingerprint density at radius 2 is 1.86 bits per heavy atom. The summed E-state index contributed by atoms with van der Waals surface area (Å²) in [7, 11) is 0. The van der Waals surface area contributed by atoms with Crippen molar-refractivity contribution in [3.63, 3.8) is 0 Å². The van der Waals surface area contributed by atoms with Gasteiger partial charge in [0.25, 0.3) is 11.1 Å². The molecule has 1 aromatic heterocycles. The van der Waals surface area contributed by atoms with Crippen LogP contribution >= 0.6 is 11.8 Å². The lowest BCUT2D eigenvalue weighted by Gasteiger charge is -2.13. The highest BCUT2D eigenvalue weighted by Gasteiger charge is 2.36. The van der Waals surface area contributed by atoms with Crippen LogP contribution < -0.4 is 0 Å². The van der Waals surface area contributed by atoms with Crippen molar-refractivity contribution in [2.75, 3.05) is 13.2 Å². The molecular weight excluding hydrogens is 388 g/mol. The van der Waals surface area contributed by atoms with E-state index in [0.717, 1.165) is 44.9 Å². The standard InChI is InChI=1S/C22H24N2O4S/c1-6-28-20(25)12-23-21(26)19(29-22(23)27)11-17-10-15(4)24(16(17)5)18-8-7-13(2)9-14(18)3/h7-11H,6,12H2,1-5H3. The second kappa shape index (κ2) is 8.29. The highest BCUT2D eigenvalue weighted by molar-refractivity contribution is 8.18. The zero-order valence-electron chi connectivity index (χ0n) is 17.2. The van der Waals surface area contributed by atoms with Gasteiger partial charge in [0.1, 0.15) is 6.54 Å². The van der Waals surface area contributed by atoms with Crippen molar-refractivity contribution in [3.05, 3.63) is 57.2 Å². The Bertz CT molecular complexity index is 1040. The van der Waals surface area contributed by atoms with Crippen molar-refractivity contribution in [1.82, 2.24) is 9.47 Å². The summed E-state index contributed by atoms with van der Waals surface area (Å²) in [6.07, 6.45) is 1.72. The van der Waals surface area contributed by atoms with Crippen molar-refractivity contribution < 1.29 is 19.1 Å². The molecule has 7 heteroatoms. The van der Waals surface area contributed by atoms with Gasteiger partial charge >= 0.3 is 5.97 Å². The molecule has 0 spiro atoms. The molecular formula is C22H24N2O4S. The van der Waals surface area contributed by atoms with Crippen molar-refractivity contribution in [2.24, 2.45) is 0 Å². The Balaban J connectivity index is 1.93. The van der Waals surface area contributed by atoms with Gasteiger partial charge in [-0.05, 0) is 75.7 Å². The van der Waals surface area contributed by atoms with Crippen LogP contribution in [0, 0.1) is 27.7 Å². The van der Waals surface area contributed by atoms with E-state index in [-0.39, 0.29) is 13.2 Å². The van der Waals surface area contributed by atoms with Crippen molar-refractivity contribution in [3.8, 4) is 5.69 Å². The van der Waals surface area contributed by atoms with E-state index in [1.165, 1.54) is 5.56 Å². The van der Waals surface area contributed by atoms with E-state index in [0.29, 0.717) is 4.91 Å². The Hall–Kier alpha value is -2.80. The predicted octanol–water partition coefficient (Wildman–Crippen LogP) is 4.31. The van der Waals surface area contributed by atoms with Gasteiger partial charge in [0.2, 0.25) is 0 Å². The Kier molecular flexibility index (Phi) is 5.98. The minimum absolute atomic E-state index is 0.204. The van der Waals surface area contributed by atoms with Gasteiger partial charge in [-0.3, -0.25) is 19.3 Å². The molecule has 3 rings (SSSR count). The van der Waals surface area contributed by atoms with Crippen molar-refractivity contribution in [2.45, 2.75) is 34.6 Å². The van der Waals surface area contributed by atoms with Crippen LogP contribution in [0.25, 0.3) is 11.8 Å². The molecule has 152 valence electrons. The van der Waals surface area contributed by atoms with Crippen LogP contribution in [0.4, 0.5) is 4.79 Å². The van der Waals surface area contributed by atoms with Crippen LogP contribution in [0.2, 0.25) is 0 Å². The summed E-state index contributed by atoms with van der Waals surface area (Å²) in [5.74, 6) is -1.06. The lowest BCUT2D eigenvalue weighted by molar-refractivity contribution is -0.145. The van der Waals surface area contributed by atoms with Gasteiger partial charge in [-0.1, -0.05) is 17.7 Å². The molecule has 0 saturated carbocycles. The van der Waals surface area contributed by atoms with Gasteiger partial charge in [-0.2, -0.15) is 0 Å². The number of hydrogen-bond acceptors (Lipinski definition) is 5. The Morgan fingerprint density at radius 1 is 1.14 bits per heavy atom. The fourth-order valence-electron chi connectivity index (χ4n) is 3.47. The first-order chi connectivity index (χ1) is 13.7. The van der Waals surface area contributed by atoms with E-state index in [9.17, 15) is 14.4 Å². The third-order valence-electron chi connectivity index (χ3n) is 4.82. The number of benzene rings is 1. The number of thioether (sulfide) groups is 1. The number of esters is 1. The lowest BCUT2D eigenvalue weighted by atomic mass is 10.1. The van der Waals surface area contributed by atoms with Gasteiger partial charge in [0.15, 0.2) is 0 Å². The number of aryl methyl sites for hydroxylation is 3. The second-order valence-electron chi connectivity index (χ2n) is 7.02.